The van der Waals surface area contributed by atoms with Gasteiger partial charge in [0.2, 0.25) is 5.91 Å². The molecule has 0 spiro atoms. The lowest BCUT2D eigenvalue weighted by molar-refractivity contribution is -0.113. The summed E-state index contributed by atoms with van der Waals surface area (Å²) in [5, 5.41) is 7.88. The second kappa shape index (κ2) is 9.16. The van der Waals surface area contributed by atoms with Crippen molar-refractivity contribution in [3.05, 3.63) is 107 Å². The molecule has 0 fully saturated rings. The van der Waals surface area contributed by atoms with E-state index in [1.807, 2.05) is 54.1 Å². The van der Waals surface area contributed by atoms with Crippen molar-refractivity contribution in [2.24, 2.45) is 0 Å². The average Bonchev–Trinajstić information content (AvgIpc) is 3.04. The molecule has 3 aromatic carbocycles. The van der Waals surface area contributed by atoms with E-state index in [9.17, 15) is 4.79 Å². The van der Waals surface area contributed by atoms with Gasteiger partial charge in [-0.05, 0) is 49.2 Å². The molecule has 0 bridgehead atoms. The highest BCUT2D eigenvalue weighted by Crippen LogP contribution is 2.44. The van der Waals surface area contributed by atoms with Gasteiger partial charge >= 0.3 is 0 Å². The molecule has 0 saturated carbocycles. The zero-order chi connectivity index (χ0) is 22.8. The van der Waals surface area contributed by atoms with Crippen LogP contribution >= 0.6 is 11.8 Å². The minimum absolute atomic E-state index is 0.00122. The van der Waals surface area contributed by atoms with E-state index in [1.54, 1.807) is 11.8 Å². The van der Waals surface area contributed by atoms with Crippen molar-refractivity contribution in [3.8, 4) is 11.4 Å². The minimum atomic E-state index is -0.0140. The normalized spacial score (nSPS) is 15.5. The Balaban J connectivity index is 1.45. The average molecular weight is 456 g/mol. The van der Waals surface area contributed by atoms with E-state index in [2.05, 4.69) is 48.6 Å². The number of fused-ring (bicyclic) bond motifs is 1. The van der Waals surface area contributed by atoms with Crippen LogP contribution in [0.1, 0.15) is 33.2 Å². The molecule has 1 amide bonds. The van der Waals surface area contributed by atoms with Gasteiger partial charge in [-0.25, -0.2) is 4.68 Å². The molecule has 0 radical (unpaired) electrons. The number of carbonyl (C=O) groups excluding carboxylic acids is 1. The maximum absolute atomic E-state index is 12.6. The number of ether oxygens (including phenoxy) is 1. The standard InChI is InChI=1S/C27H25N3O2S/c1-18-8-12-22(13-9-18)30-27-25(19(2)29-30)26(33-17-24(31)28-27)21-10-14-23(15-11-21)32-16-20-6-4-3-5-7-20/h3-15,26H,16-17H2,1-2H3,(H,28,31)/t26-/m1/s1. The van der Waals surface area contributed by atoms with Crippen molar-refractivity contribution >= 4 is 23.5 Å². The highest BCUT2D eigenvalue weighted by atomic mass is 32.2. The fourth-order valence-electron chi connectivity index (χ4n) is 4.00. The maximum Gasteiger partial charge on any atom is 0.235 e. The number of rotatable bonds is 5. The molecular weight excluding hydrogens is 430 g/mol. The molecule has 1 N–H and O–H groups in total. The van der Waals surface area contributed by atoms with E-state index in [4.69, 9.17) is 9.84 Å². The predicted molar refractivity (Wildman–Crippen MR) is 133 cm³/mol. The monoisotopic (exact) mass is 455 g/mol. The first-order chi connectivity index (χ1) is 16.1. The summed E-state index contributed by atoms with van der Waals surface area (Å²) in [5.74, 6) is 1.95. The summed E-state index contributed by atoms with van der Waals surface area (Å²) in [5.41, 5.74) is 6.33. The highest BCUT2D eigenvalue weighted by molar-refractivity contribution is 8.00. The maximum atomic E-state index is 12.6. The van der Waals surface area contributed by atoms with Crippen LogP contribution in [0.25, 0.3) is 5.69 Å². The number of amides is 1. The van der Waals surface area contributed by atoms with Gasteiger partial charge in [-0.2, -0.15) is 5.10 Å². The van der Waals surface area contributed by atoms with E-state index in [0.717, 1.165) is 39.6 Å². The fourth-order valence-corrected chi connectivity index (χ4v) is 5.19. The van der Waals surface area contributed by atoms with Crippen LogP contribution in [-0.2, 0) is 11.4 Å². The summed E-state index contributed by atoms with van der Waals surface area (Å²) < 4.78 is 7.80. The van der Waals surface area contributed by atoms with Gasteiger partial charge in [0.25, 0.3) is 0 Å². The second-order valence-corrected chi connectivity index (χ2v) is 9.27. The Morgan fingerprint density at radius 1 is 1.00 bits per heavy atom. The Hall–Kier alpha value is -3.51. The van der Waals surface area contributed by atoms with Gasteiger partial charge in [-0.1, -0.05) is 60.2 Å². The van der Waals surface area contributed by atoms with Gasteiger partial charge in [-0.15, -0.1) is 11.8 Å². The van der Waals surface area contributed by atoms with E-state index in [1.165, 1.54) is 5.56 Å². The van der Waals surface area contributed by atoms with Gasteiger partial charge in [-0.3, -0.25) is 4.79 Å². The van der Waals surface area contributed by atoms with Crippen LogP contribution in [0.15, 0.2) is 78.9 Å². The number of benzene rings is 3. The summed E-state index contributed by atoms with van der Waals surface area (Å²) in [6.45, 7) is 4.59. The summed E-state index contributed by atoms with van der Waals surface area (Å²) in [7, 11) is 0. The number of carbonyl (C=O) groups is 1. The zero-order valence-electron chi connectivity index (χ0n) is 18.6. The van der Waals surface area contributed by atoms with Gasteiger partial charge < -0.3 is 10.1 Å². The predicted octanol–water partition coefficient (Wildman–Crippen LogP) is 5.84. The van der Waals surface area contributed by atoms with Crippen molar-refractivity contribution in [1.29, 1.82) is 0 Å². The molecule has 33 heavy (non-hydrogen) atoms. The van der Waals surface area contributed by atoms with Crippen molar-refractivity contribution in [3.63, 3.8) is 0 Å². The first-order valence-electron chi connectivity index (χ1n) is 10.9. The second-order valence-electron chi connectivity index (χ2n) is 8.18. The van der Waals surface area contributed by atoms with Crippen molar-refractivity contribution < 1.29 is 9.53 Å². The molecule has 1 aliphatic rings. The van der Waals surface area contributed by atoms with Gasteiger partial charge in [0, 0.05) is 5.56 Å². The molecule has 0 aliphatic carbocycles. The van der Waals surface area contributed by atoms with Gasteiger partial charge in [0.15, 0.2) is 0 Å². The Kier molecular flexibility index (Phi) is 5.92. The molecule has 0 saturated heterocycles. The molecule has 5 rings (SSSR count). The Labute approximate surface area is 197 Å². The third-order valence-corrected chi connectivity index (χ3v) is 6.99. The van der Waals surface area contributed by atoms with E-state index in [0.29, 0.717) is 12.4 Å². The Morgan fingerprint density at radius 3 is 2.45 bits per heavy atom. The molecule has 6 heteroatoms. The number of hydrogen-bond donors (Lipinski definition) is 1. The number of aromatic nitrogens is 2. The van der Waals surface area contributed by atoms with Gasteiger partial charge in [0.05, 0.1) is 22.4 Å². The first-order valence-corrected chi connectivity index (χ1v) is 12.0. The van der Waals surface area contributed by atoms with Crippen LogP contribution in [0, 0.1) is 13.8 Å². The summed E-state index contributed by atoms with van der Waals surface area (Å²) >= 11 is 1.62. The van der Waals surface area contributed by atoms with Crippen molar-refractivity contribution in [2.75, 3.05) is 11.1 Å². The molecule has 1 atom stereocenters. The molecular formula is C27H25N3O2S. The largest absolute Gasteiger partial charge is 0.489 e. The van der Waals surface area contributed by atoms with E-state index < -0.39 is 0 Å². The summed E-state index contributed by atoms with van der Waals surface area (Å²) in [4.78, 5) is 12.6. The smallest absolute Gasteiger partial charge is 0.235 e. The van der Waals surface area contributed by atoms with Crippen LogP contribution in [0.3, 0.4) is 0 Å². The quantitative estimate of drug-likeness (QED) is 0.411. The van der Waals surface area contributed by atoms with E-state index in [-0.39, 0.29) is 11.2 Å². The highest BCUT2D eigenvalue weighted by Gasteiger charge is 2.30. The SMILES string of the molecule is Cc1ccc(-n2nc(C)c3c2NC(=O)CS[C@@H]3c2ccc(OCc3ccccc3)cc2)cc1. The zero-order valence-corrected chi connectivity index (χ0v) is 19.4. The fraction of sp³-hybridized carbons (Fsp3) is 0.185. The van der Waals surface area contributed by atoms with Crippen molar-refractivity contribution in [1.82, 2.24) is 9.78 Å². The number of anilines is 1. The third-order valence-electron chi connectivity index (χ3n) is 5.72. The molecule has 2 heterocycles. The number of aryl methyl sites for hydroxylation is 2. The molecule has 1 aliphatic heterocycles. The lowest BCUT2D eigenvalue weighted by atomic mass is 10.0. The molecule has 0 unspecified atom stereocenters. The molecule has 166 valence electrons. The Bertz CT molecular complexity index is 1270. The van der Waals surface area contributed by atoms with Crippen molar-refractivity contribution in [2.45, 2.75) is 25.7 Å². The van der Waals surface area contributed by atoms with Crippen LogP contribution in [0.4, 0.5) is 5.82 Å². The van der Waals surface area contributed by atoms with Gasteiger partial charge in [0.1, 0.15) is 18.2 Å². The third kappa shape index (κ3) is 4.52. The number of hydrogen-bond acceptors (Lipinski definition) is 4. The van der Waals surface area contributed by atoms with Crippen LogP contribution in [-0.4, -0.2) is 21.4 Å². The number of nitrogens with zero attached hydrogens (tertiary/aromatic N) is 2. The number of nitrogens with one attached hydrogen (secondary N) is 1. The first kappa shape index (κ1) is 21.3. The molecule has 4 aromatic rings. The van der Waals surface area contributed by atoms with E-state index >= 15 is 0 Å². The molecule has 1 aromatic heterocycles. The topological polar surface area (TPSA) is 56.2 Å². The van der Waals surface area contributed by atoms with Crippen LogP contribution in [0.5, 0.6) is 5.75 Å². The Morgan fingerprint density at radius 2 is 1.73 bits per heavy atom. The summed E-state index contributed by atoms with van der Waals surface area (Å²) in [6, 6.07) is 26.5. The number of thioether (sulfide) groups is 1. The lowest BCUT2D eigenvalue weighted by Crippen LogP contribution is -2.15. The van der Waals surface area contributed by atoms with Crippen LogP contribution < -0.4 is 10.1 Å². The summed E-state index contributed by atoms with van der Waals surface area (Å²) in [6.07, 6.45) is 0. The lowest BCUT2D eigenvalue weighted by Gasteiger charge is -2.16. The minimum Gasteiger partial charge on any atom is -0.489 e. The molecule has 5 nitrogen and oxygen atoms in total. The van der Waals surface area contributed by atoms with Crippen LogP contribution in [0.2, 0.25) is 0 Å².